The minimum Gasteiger partial charge on any atom is -0.508 e. The molecule has 0 saturated heterocycles. The van der Waals surface area contributed by atoms with Crippen LogP contribution in [-0.2, 0) is 14.4 Å². The van der Waals surface area contributed by atoms with E-state index in [-0.39, 0.29) is 72.1 Å². The largest absolute Gasteiger partial charge is 1.00 e. The molecule has 0 aromatic heterocycles. The molecule has 0 aliphatic heterocycles. The van der Waals surface area contributed by atoms with Crippen molar-refractivity contribution in [1.29, 1.82) is 0 Å². The summed E-state index contributed by atoms with van der Waals surface area (Å²) in [6.45, 7) is 11.6. The van der Waals surface area contributed by atoms with Crippen molar-refractivity contribution in [3.8, 4) is 0 Å². The van der Waals surface area contributed by atoms with Crippen LogP contribution in [0.25, 0.3) is 0 Å². The van der Waals surface area contributed by atoms with Gasteiger partial charge in [0.05, 0.1) is 5.92 Å². The van der Waals surface area contributed by atoms with Crippen molar-refractivity contribution in [1.82, 2.24) is 0 Å². The molecular formula is C21H34NaO5+. The van der Waals surface area contributed by atoms with Crippen LogP contribution in [0.15, 0.2) is 11.3 Å². The predicted molar refractivity (Wildman–Crippen MR) is 101 cm³/mol. The maximum atomic E-state index is 12.9. The summed E-state index contributed by atoms with van der Waals surface area (Å²) in [5.41, 5.74) is -2.63. The van der Waals surface area contributed by atoms with Crippen molar-refractivity contribution >= 4 is 17.3 Å². The summed E-state index contributed by atoms with van der Waals surface area (Å²) in [6, 6.07) is 0. The molecule has 6 heteroatoms. The molecule has 0 unspecified atom stereocenters. The van der Waals surface area contributed by atoms with E-state index in [9.17, 15) is 24.6 Å². The minimum absolute atomic E-state index is 0. The van der Waals surface area contributed by atoms with Crippen molar-refractivity contribution < 1.29 is 54.2 Å². The van der Waals surface area contributed by atoms with Crippen LogP contribution in [0.2, 0.25) is 0 Å². The summed E-state index contributed by atoms with van der Waals surface area (Å²) in [5, 5.41) is 21.7. The first kappa shape index (κ1) is 26.5. The topological polar surface area (TPSA) is 91.7 Å². The smallest absolute Gasteiger partial charge is 0.508 e. The van der Waals surface area contributed by atoms with Gasteiger partial charge in [0.1, 0.15) is 11.3 Å². The average Bonchev–Trinajstić information content (AvgIpc) is 2.69. The fourth-order valence-electron chi connectivity index (χ4n) is 3.36. The zero-order valence-corrected chi connectivity index (χ0v) is 20.0. The second-order valence-corrected chi connectivity index (χ2v) is 8.75. The van der Waals surface area contributed by atoms with Gasteiger partial charge < -0.3 is 10.2 Å². The van der Waals surface area contributed by atoms with E-state index in [4.69, 9.17) is 0 Å². The second-order valence-electron chi connectivity index (χ2n) is 8.75. The Labute approximate surface area is 185 Å². The van der Waals surface area contributed by atoms with E-state index in [0.717, 1.165) is 0 Å². The van der Waals surface area contributed by atoms with E-state index in [1.165, 1.54) is 0 Å². The zero-order chi connectivity index (χ0) is 20.2. The molecule has 2 atom stereocenters. The van der Waals surface area contributed by atoms with Crippen molar-refractivity contribution in [2.45, 2.75) is 79.2 Å². The van der Waals surface area contributed by atoms with Crippen LogP contribution in [-0.4, -0.2) is 33.2 Å². The minimum atomic E-state index is -2.26. The summed E-state index contributed by atoms with van der Waals surface area (Å²) in [4.78, 5) is 38.1. The number of aliphatic hydroxyl groups is 2. The van der Waals surface area contributed by atoms with Gasteiger partial charge in [-0.05, 0) is 30.6 Å². The number of rotatable bonds is 10. The van der Waals surface area contributed by atoms with Gasteiger partial charge in [0.2, 0.25) is 0 Å². The van der Waals surface area contributed by atoms with Crippen molar-refractivity contribution in [2.75, 3.05) is 0 Å². The van der Waals surface area contributed by atoms with Crippen LogP contribution >= 0.6 is 0 Å². The first-order chi connectivity index (χ1) is 11.9. The van der Waals surface area contributed by atoms with Crippen LogP contribution in [0.4, 0.5) is 0 Å². The summed E-state index contributed by atoms with van der Waals surface area (Å²) in [6.07, 6.45) is 1.60. The number of carbonyl (C=O) groups is 3. The Kier molecular flexibility index (Phi) is 10.7. The molecule has 1 rings (SSSR count). The average molecular weight is 389 g/mol. The third-order valence-corrected chi connectivity index (χ3v) is 4.94. The molecule has 1 aliphatic carbocycles. The van der Waals surface area contributed by atoms with Gasteiger partial charge in [-0.3, -0.25) is 14.4 Å². The molecule has 0 bridgehead atoms. The molecule has 148 valence electrons. The first-order valence-electron chi connectivity index (χ1n) is 9.69. The van der Waals surface area contributed by atoms with Crippen molar-refractivity contribution in [3.05, 3.63) is 11.3 Å². The molecule has 0 radical (unpaired) electrons. The molecule has 0 spiro atoms. The van der Waals surface area contributed by atoms with Gasteiger partial charge in [-0.25, -0.2) is 0 Å². The molecule has 0 aromatic carbocycles. The molecule has 5 nitrogen and oxygen atoms in total. The zero-order valence-electron chi connectivity index (χ0n) is 18.0. The quantitative estimate of drug-likeness (QED) is 0.426. The molecule has 0 aromatic rings. The number of Topliss-reactive ketones (excluding diaryl/α,β-unsaturated/α-hetero) is 3. The van der Waals surface area contributed by atoms with Crippen LogP contribution in [0.5, 0.6) is 0 Å². The van der Waals surface area contributed by atoms with Crippen LogP contribution in [0.1, 0.15) is 73.6 Å². The van der Waals surface area contributed by atoms with Gasteiger partial charge >= 0.3 is 29.6 Å². The molecule has 0 fully saturated rings. The fraction of sp³-hybridized carbons (Fsp3) is 0.762. The number of ketones is 3. The monoisotopic (exact) mass is 389 g/mol. The summed E-state index contributed by atoms with van der Waals surface area (Å²) < 4.78 is 0. The Morgan fingerprint density at radius 3 is 1.96 bits per heavy atom. The standard InChI is InChI=1S/C21H34O5.Na/c1-12(2)7-9-15-19(24)18(16(22)11-14(5)6)20(25)21(15,26)17(23)10-8-13(3)4;/h12-15,25-26H,7-11H2,1-6H3;/q;+1/t15-,21+;/m0./s1. The van der Waals surface area contributed by atoms with E-state index >= 15 is 0 Å². The molecule has 0 heterocycles. The molecule has 27 heavy (non-hydrogen) atoms. The van der Waals surface area contributed by atoms with Gasteiger partial charge in [0.25, 0.3) is 0 Å². The Hall–Kier alpha value is -0.490. The number of allylic oxidation sites excluding steroid dienone is 1. The molecule has 1 aliphatic rings. The number of carbonyl (C=O) groups excluding carboxylic acids is 3. The molecule has 2 N–H and O–H groups in total. The maximum Gasteiger partial charge on any atom is 1.00 e. The second kappa shape index (κ2) is 10.9. The van der Waals surface area contributed by atoms with Crippen molar-refractivity contribution in [2.24, 2.45) is 23.7 Å². The Morgan fingerprint density at radius 2 is 1.52 bits per heavy atom. The molecule has 0 amide bonds. The van der Waals surface area contributed by atoms with E-state index < -0.39 is 34.6 Å². The van der Waals surface area contributed by atoms with Gasteiger partial charge in [0.15, 0.2) is 23.0 Å². The number of aliphatic hydroxyl groups excluding tert-OH is 1. The summed E-state index contributed by atoms with van der Waals surface area (Å²) >= 11 is 0. The normalized spacial score (nSPS) is 22.7. The fourth-order valence-corrected chi connectivity index (χ4v) is 3.36. The Morgan fingerprint density at radius 1 is 1.00 bits per heavy atom. The van der Waals surface area contributed by atoms with Gasteiger partial charge in [-0.15, -0.1) is 0 Å². The van der Waals surface area contributed by atoms with Crippen LogP contribution in [0.3, 0.4) is 0 Å². The maximum absolute atomic E-state index is 12.9. The number of hydrogen-bond donors (Lipinski definition) is 2. The van der Waals surface area contributed by atoms with Crippen molar-refractivity contribution in [3.63, 3.8) is 0 Å². The van der Waals surface area contributed by atoms with E-state index in [2.05, 4.69) is 0 Å². The number of hydrogen-bond acceptors (Lipinski definition) is 5. The van der Waals surface area contributed by atoms with Gasteiger partial charge in [-0.2, -0.15) is 0 Å². The Balaban J connectivity index is 0.00000676. The van der Waals surface area contributed by atoms with Gasteiger partial charge in [-0.1, -0.05) is 48.0 Å². The SMILES string of the molecule is CC(C)CCC(=O)[C@@]1(O)C(O)=C(C(=O)CC(C)C)C(=O)[C@@H]1CCC(C)C.[Na+]. The van der Waals surface area contributed by atoms with Crippen LogP contribution < -0.4 is 29.6 Å². The third-order valence-electron chi connectivity index (χ3n) is 4.94. The third kappa shape index (κ3) is 6.25. The molecule has 0 saturated carbocycles. The van der Waals surface area contributed by atoms with E-state index in [1.807, 2.05) is 41.5 Å². The first-order valence-corrected chi connectivity index (χ1v) is 9.69. The van der Waals surface area contributed by atoms with Crippen LogP contribution in [0, 0.1) is 23.7 Å². The van der Waals surface area contributed by atoms with Gasteiger partial charge in [0, 0.05) is 12.8 Å². The Bertz CT molecular complexity index is 591. The molecular weight excluding hydrogens is 355 g/mol. The summed E-state index contributed by atoms with van der Waals surface area (Å²) in [7, 11) is 0. The van der Waals surface area contributed by atoms with E-state index in [1.54, 1.807) is 0 Å². The summed E-state index contributed by atoms with van der Waals surface area (Å²) in [5.74, 6) is -2.92. The predicted octanol–water partition coefficient (Wildman–Crippen LogP) is 0.789. The van der Waals surface area contributed by atoms with E-state index in [0.29, 0.717) is 12.8 Å².